The zero-order valence-corrected chi connectivity index (χ0v) is 11.2. The number of nitro groups is 1. The summed E-state index contributed by atoms with van der Waals surface area (Å²) in [5, 5.41) is 15.5. The number of anilines is 3. The number of hydrogen-bond donors (Lipinski definition) is 2. The summed E-state index contributed by atoms with van der Waals surface area (Å²) < 4.78 is 0.880. The third kappa shape index (κ3) is 2.17. The van der Waals surface area contributed by atoms with Crippen molar-refractivity contribution in [3.63, 3.8) is 0 Å². The van der Waals surface area contributed by atoms with E-state index in [9.17, 15) is 10.1 Å². The molecule has 1 heterocycles. The number of fused-ring (bicyclic) bond motifs is 1. The molecule has 0 saturated heterocycles. The van der Waals surface area contributed by atoms with Crippen molar-refractivity contribution < 1.29 is 4.92 Å². The van der Waals surface area contributed by atoms with Crippen LogP contribution in [0, 0.1) is 10.1 Å². The van der Waals surface area contributed by atoms with Crippen LogP contribution < -0.4 is 11.1 Å². The third-order valence-corrected chi connectivity index (χ3v) is 3.97. The Balaban J connectivity index is 2.11. The summed E-state index contributed by atoms with van der Waals surface area (Å²) in [6.45, 7) is 0. The minimum absolute atomic E-state index is 0.105. The fraction of sp³-hybridized carbons (Fsp3) is 0. The Bertz CT molecular complexity index is 798. The number of nitrogens with two attached hydrogens (primary N) is 1. The molecule has 3 aromatic rings. The molecule has 5 nitrogen and oxygen atoms in total. The van der Waals surface area contributed by atoms with Crippen molar-refractivity contribution in [3.8, 4) is 0 Å². The van der Waals surface area contributed by atoms with Gasteiger partial charge in [0.05, 0.1) is 10.3 Å². The van der Waals surface area contributed by atoms with Crippen molar-refractivity contribution in [1.29, 1.82) is 0 Å². The van der Waals surface area contributed by atoms with Gasteiger partial charge in [0.15, 0.2) is 5.00 Å². The van der Waals surface area contributed by atoms with E-state index in [1.54, 1.807) is 30.3 Å². The van der Waals surface area contributed by atoms with E-state index in [2.05, 4.69) is 5.32 Å². The second kappa shape index (κ2) is 4.82. The molecule has 0 saturated carbocycles. The van der Waals surface area contributed by atoms with E-state index in [-0.39, 0.29) is 10.6 Å². The Hall–Kier alpha value is -2.60. The van der Waals surface area contributed by atoms with Gasteiger partial charge < -0.3 is 11.1 Å². The van der Waals surface area contributed by atoms with Gasteiger partial charge >= 0.3 is 5.69 Å². The van der Waals surface area contributed by atoms with Gasteiger partial charge in [0.2, 0.25) is 0 Å². The van der Waals surface area contributed by atoms with Gasteiger partial charge in [-0.25, -0.2) is 0 Å². The van der Waals surface area contributed by atoms with Crippen molar-refractivity contribution in [2.45, 2.75) is 0 Å². The average Bonchev–Trinajstić information content (AvgIpc) is 2.76. The summed E-state index contributed by atoms with van der Waals surface area (Å²) >= 11 is 1.36. The van der Waals surface area contributed by atoms with Crippen molar-refractivity contribution in [2.24, 2.45) is 0 Å². The first-order valence-corrected chi connectivity index (χ1v) is 6.75. The van der Waals surface area contributed by atoms with Gasteiger partial charge in [-0.3, -0.25) is 10.1 Å². The largest absolute Gasteiger partial charge is 0.399 e. The Morgan fingerprint density at radius 1 is 1.15 bits per heavy atom. The van der Waals surface area contributed by atoms with E-state index in [1.165, 1.54) is 11.3 Å². The SMILES string of the molecule is Nc1cccc(Nc2sc3ccccc3c2[N+](=O)[O-])c1. The summed E-state index contributed by atoms with van der Waals surface area (Å²) in [5.41, 5.74) is 7.17. The highest BCUT2D eigenvalue weighted by Crippen LogP contribution is 2.42. The molecule has 2 aromatic carbocycles. The Morgan fingerprint density at radius 3 is 2.70 bits per heavy atom. The highest BCUT2D eigenvalue weighted by Gasteiger charge is 2.22. The molecule has 20 heavy (non-hydrogen) atoms. The zero-order chi connectivity index (χ0) is 14.1. The van der Waals surface area contributed by atoms with E-state index in [0.717, 1.165) is 10.4 Å². The maximum absolute atomic E-state index is 11.3. The fourth-order valence-corrected chi connectivity index (χ4v) is 3.14. The first kappa shape index (κ1) is 12.4. The van der Waals surface area contributed by atoms with E-state index in [0.29, 0.717) is 16.1 Å². The molecule has 3 N–H and O–H groups in total. The van der Waals surface area contributed by atoms with Gasteiger partial charge in [-0.15, -0.1) is 11.3 Å². The van der Waals surface area contributed by atoms with Crippen LogP contribution in [-0.2, 0) is 0 Å². The quantitative estimate of drug-likeness (QED) is 0.430. The van der Waals surface area contributed by atoms with Gasteiger partial charge in [0.1, 0.15) is 0 Å². The lowest BCUT2D eigenvalue weighted by Gasteiger charge is -2.04. The van der Waals surface area contributed by atoms with Crippen LogP contribution in [0.25, 0.3) is 10.1 Å². The highest BCUT2D eigenvalue weighted by atomic mass is 32.1. The van der Waals surface area contributed by atoms with Crippen LogP contribution in [0.4, 0.5) is 22.1 Å². The van der Waals surface area contributed by atoms with Crippen molar-refractivity contribution >= 4 is 43.5 Å². The lowest BCUT2D eigenvalue weighted by molar-refractivity contribution is -0.381. The molecule has 0 aliphatic heterocycles. The van der Waals surface area contributed by atoms with E-state index in [4.69, 9.17) is 5.73 Å². The summed E-state index contributed by atoms with van der Waals surface area (Å²) in [4.78, 5) is 10.9. The number of nitrogens with zero attached hydrogens (tertiary/aromatic N) is 1. The topological polar surface area (TPSA) is 81.2 Å². The molecule has 0 bridgehead atoms. The number of thiophene rings is 1. The average molecular weight is 285 g/mol. The molecule has 0 unspecified atom stereocenters. The number of rotatable bonds is 3. The van der Waals surface area contributed by atoms with Crippen LogP contribution in [-0.4, -0.2) is 4.92 Å². The van der Waals surface area contributed by atoms with E-state index >= 15 is 0 Å². The molecule has 1 aromatic heterocycles. The fourth-order valence-electron chi connectivity index (χ4n) is 2.05. The van der Waals surface area contributed by atoms with Gasteiger partial charge in [-0.05, 0) is 30.3 Å². The predicted molar refractivity (Wildman–Crippen MR) is 82.6 cm³/mol. The van der Waals surface area contributed by atoms with Crippen molar-refractivity contribution in [3.05, 3.63) is 58.6 Å². The molecule has 100 valence electrons. The molecular weight excluding hydrogens is 274 g/mol. The number of hydrogen-bond acceptors (Lipinski definition) is 5. The molecular formula is C14H11N3O2S. The predicted octanol–water partition coefficient (Wildman–Crippen LogP) is 4.14. The summed E-state index contributed by atoms with van der Waals surface area (Å²) in [6, 6.07) is 14.4. The second-order valence-corrected chi connectivity index (χ2v) is 5.34. The van der Waals surface area contributed by atoms with Gasteiger partial charge in [-0.2, -0.15) is 0 Å². The Morgan fingerprint density at radius 2 is 1.95 bits per heavy atom. The van der Waals surface area contributed by atoms with Crippen molar-refractivity contribution in [2.75, 3.05) is 11.1 Å². The maximum atomic E-state index is 11.3. The molecule has 0 fully saturated rings. The summed E-state index contributed by atoms with van der Waals surface area (Å²) in [7, 11) is 0. The number of benzene rings is 2. The van der Waals surface area contributed by atoms with Crippen LogP contribution in [0.3, 0.4) is 0 Å². The molecule has 6 heteroatoms. The minimum Gasteiger partial charge on any atom is -0.399 e. The normalized spacial score (nSPS) is 10.6. The van der Waals surface area contributed by atoms with Gasteiger partial charge in [-0.1, -0.05) is 18.2 Å². The molecule has 0 aliphatic rings. The van der Waals surface area contributed by atoms with Crippen molar-refractivity contribution in [1.82, 2.24) is 0 Å². The lowest BCUT2D eigenvalue weighted by Crippen LogP contribution is -1.94. The van der Waals surface area contributed by atoms with Crippen LogP contribution >= 0.6 is 11.3 Å². The monoisotopic (exact) mass is 285 g/mol. The maximum Gasteiger partial charge on any atom is 0.311 e. The number of nitrogen functional groups attached to an aromatic ring is 1. The van der Waals surface area contributed by atoms with Crippen LogP contribution in [0.2, 0.25) is 0 Å². The van der Waals surface area contributed by atoms with Crippen LogP contribution in [0.1, 0.15) is 0 Å². The minimum atomic E-state index is -0.354. The smallest absolute Gasteiger partial charge is 0.311 e. The molecule has 3 rings (SSSR count). The molecule has 0 radical (unpaired) electrons. The highest BCUT2D eigenvalue weighted by molar-refractivity contribution is 7.23. The van der Waals surface area contributed by atoms with E-state index in [1.807, 2.05) is 18.2 Å². The zero-order valence-electron chi connectivity index (χ0n) is 10.4. The van der Waals surface area contributed by atoms with Gasteiger partial charge in [0.25, 0.3) is 0 Å². The Labute approximate surface area is 118 Å². The molecule has 0 atom stereocenters. The summed E-state index contributed by atoms with van der Waals surface area (Å²) in [6.07, 6.45) is 0. The molecule has 0 spiro atoms. The Kier molecular flexibility index (Phi) is 3.00. The first-order valence-electron chi connectivity index (χ1n) is 5.93. The lowest BCUT2D eigenvalue weighted by atomic mass is 10.2. The summed E-state index contributed by atoms with van der Waals surface area (Å²) in [5.74, 6) is 0. The van der Waals surface area contributed by atoms with Gasteiger partial charge in [0, 0.05) is 16.1 Å². The van der Waals surface area contributed by atoms with Crippen LogP contribution in [0.15, 0.2) is 48.5 Å². The molecule has 0 aliphatic carbocycles. The second-order valence-electron chi connectivity index (χ2n) is 4.28. The first-order chi connectivity index (χ1) is 9.65. The standard InChI is InChI=1S/C14H11N3O2S/c15-9-4-3-5-10(8-9)16-14-13(17(18)19)11-6-1-2-7-12(11)20-14/h1-8,16H,15H2. The molecule has 0 amide bonds. The number of nitrogens with one attached hydrogen (secondary N) is 1. The van der Waals surface area contributed by atoms with E-state index < -0.39 is 0 Å². The van der Waals surface area contributed by atoms with Crippen LogP contribution in [0.5, 0.6) is 0 Å². The third-order valence-electron chi connectivity index (χ3n) is 2.90.